The zero-order valence-electron chi connectivity index (χ0n) is 12.4. The maximum absolute atomic E-state index is 12.0. The third-order valence-corrected chi connectivity index (χ3v) is 2.88. The molecule has 2 amide bonds. The van der Waals surface area contributed by atoms with Gasteiger partial charge in [0.2, 0.25) is 0 Å². The van der Waals surface area contributed by atoms with Crippen LogP contribution >= 0.6 is 0 Å². The Bertz CT molecular complexity index is 504. The number of carboxylic acids is 1. The summed E-state index contributed by atoms with van der Waals surface area (Å²) in [5, 5.41) is 11.3. The summed E-state index contributed by atoms with van der Waals surface area (Å²) in [6, 6.07) is 4.73. The van der Waals surface area contributed by atoms with Crippen LogP contribution in [0.2, 0.25) is 0 Å². The first-order chi connectivity index (χ1) is 9.97. The van der Waals surface area contributed by atoms with Gasteiger partial charge < -0.3 is 24.8 Å². The maximum Gasteiger partial charge on any atom is 0.321 e. The van der Waals surface area contributed by atoms with Crippen LogP contribution in [0, 0.1) is 0 Å². The van der Waals surface area contributed by atoms with Crippen molar-refractivity contribution in [3.05, 3.63) is 18.2 Å². The van der Waals surface area contributed by atoms with Crippen molar-refractivity contribution in [2.45, 2.75) is 12.8 Å². The van der Waals surface area contributed by atoms with Gasteiger partial charge in [0.05, 0.1) is 19.9 Å². The van der Waals surface area contributed by atoms with Crippen molar-refractivity contribution in [2.24, 2.45) is 0 Å². The van der Waals surface area contributed by atoms with E-state index in [1.54, 1.807) is 25.2 Å². The van der Waals surface area contributed by atoms with Crippen LogP contribution in [0.15, 0.2) is 18.2 Å². The van der Waals surface area contributed by atoms with E-state index in [-0.39, 0.29) is 12.5 Å². The largest absolute Gasteiger partial charge is 0.497 e. The van der Waals surface area contributed by atoms with Crippen LogP contribution in [0.3, 0.4) is 0 Å². The number of nitrogens with one attached hydrogen (secondary N) is 1. The van der Waals surface area contributed by atoms with Crippen LogP contribution in [0.5, 0.6) is 11.5 Å². The molecule has 2 N–H and O–H groups in total. The fourth-order valence-electron chi connectivity index (χ4n) is 1.69. The number of anilines is 1. The first-order valence-corrected chi connectivity index (χ1v) is 6.44. The summed E-state index contributed by atoms with van der Waals surface area (Å²) in [6.07, 6.45) is 0.425. The van der Waals surface area contributed by atoms with Crippen LogP contribution in [-0.4, -0.2) is 49.8 Å². The third-order valence-electron chi connectivity index (χ3n) is 2.88. The van der Waals surface area contributed by atoms with Gasteiger partial charge in [-0.25, -0.2) is 4.79 Å². The number of aliphatic carboxylic acids is 1. The highest BCUT2D eigenvalue weighted by Gasteiger charge is 2.13. The Morgan fingerprint density at radius 2 is 2.00 bits per heavy atom. The molecule has 0 aliphatic heterocycles. The van der Waals surface area contributed by atoms with Gasteiger partial charge in [0.25, 0.3) is 0 Å². The van der Waals surface area contributed by atoms with Crippen molar-refractivity contribution in [3.63, 3.8) is 0 Å². The molecule has 0 unspecified atom stereocenters. The molecule has 1 aromatic carbocycles. The van der Waals surface area contributed by atoms with Gasteiger partial charge in [-0.2, -0.15) is 0 Å². The first kappa shape index (κ1) is 16.6. The van der Waals surface area contributed by atoms with Gasteiger partial charge in [0.1, 0.15) is 11.5 Å². The first-order valence-electron chi connectivity index (χ1n) is 6.44. The van der Waals surface area contributed by atoms with E-state index in [4.69, 9.17) is 14.6 Å². The molecule has 21 heavy (non-hydrogen) atoms. The summed E-state index contributed by atoms with van der Waals surface area (Å²) >= 11 is 0. The van der Waals surface area contributed by atoms with E-state index in [9.17, 15) is 9.59 Å². The van der Waals surface area contributed by atoms with Crippen LogP contribution in [0.4, 0.5) is 10.5 Å². The molecule has 0 aromatic heterocycles. The number of carboxylic acid groups (broad SMARTS) is 1. The van der Waals surface area contributed by atoms with E-state index >= 15 is 0 Å². The number of carbonyl (C=O) groups excluding carboxylic acids is 1. The summed E-state index contributed by atoms with van der Waals surface area (Å²) in [4.78, 5) is 23.9. The lowest BCUT2D eigenvalue weighted by atomic mass is 10.2. The molecule has 0 saturated heterocycles. The average molecular weight is 296 g/mol. The molecule has 1 rings (SSSR count). The van der Waals surface area contributed by atoms with Crippen LogP contribution in [0.1, 0.15) is 12.8 Å². The minimum Gasteiger partial charge on any atom is -0.497 e. The number of urea groups is 1. The fraction of sp³-hybridized carbons (Fsp3) is 0.429. The molecule has 0 fully saturated rings. The molecule has 0 atom stereocenters. The highest BCUT2D eigenvalue weighted by molar-refractivity contribution is 5.91. The average Bonchev–Trinajstić information content (AvgIpc) is 2.46. The van der Waals surface area contributed by atoms with E-state index in [1.807, 2.05) is 0 Å². The summed E-state index contributed by atoms with van der Waals surface area (Å²) in [6.45, 7) is 0.352. The van der Waals surface area contributed by atoms with Crippen molar-refractivity contribution in [1.29, 1.82) is 0 Å². The van der Waals surface area contributed by atoms with Gasteiger partial charge in [-0.05, 0) is 18.6 Å². The Balaban J connectivity index is 2.66. The molecule has 0 aliphatic carbocycles. The lowest BCUT2D eigenvalue weighted by Crippen LogP contribution is -2.32. The highest BCUT2D eigenvalue weighted by atomic mass is 16.5. The maximum atomic E-state index is 12.0. The van der Waals surface area contributed by atoms with Gasteiger partial charge >= 0.3 is 12.0 Å². The van der Waals surface area contributed by atoms with Crippen molar-refractivity contribution in [3.8, 4) is 11.5 Å². The molecule has 7 nitrogen and oxygen atoms in total. The number of rotatable bonds is 7. The topological polar surface area (TPSA) is 88.1 Å². The number of nitrogens with zero attached hydrogens (tertiary/aromatic N) is 1. The highest BCUT2D eigenvalue weighted by Crippen LogP contribution is 2.29. The Morgan fingerprint density at radius 3 is 2.57 bits per heavy atom. The van der Waals surface area contributed by atoms with Gasteiger partial charge in [-0.1, -0.05) is 0 Å². The lowest BCUT2D eigenvalue weighted by Gasteiger charge is -2.19. The summed E-state index contributed by atoms with van der Waals surface area (Å²) in [5.41, 5.74) is 0.493. The number of methoxy groups -OCH3 is 2. The van der Waals surface area contributed by atoms with Gasteiger partial charge in [-0.3, -0.25) is 4.79 Å². The summed E-state index contributed by atoms with van der Waals surface area (Å²) in [5.74, 6) is 0.237. The predicted octanol–water partition coefficient (Wildman–Crippen LogP) is 2.03. The third kappa shape index (κ3) is 5.21. The van der Waals surface area contributed by atoms with E-state index in [2.05, 4.69) is 5.32 Å². The van der Waals surface area contributed by atoms with E-state index in [0.717, 1.165) is 0 Å². The number of hydrogen-bond donors (Lipinski definition) is 2. The second-order valence-corrected chi connectivity index (χ2v) is 4.42. The standard InChI is InChI=1S/C14H20N2O5/c1-16(8-4-5-13(17)18)14(19)15-11-9-10(20-2)6-7-12(11)21-3/h6-7,9H,4-5,8H2,1-3H3,(H,15,19)(H,17,18). The normalized spacial score (nSPS) is 9.86. The van der Waals surface area contributed by atoms with Crippen LogP contribution in [0.25, 0.3) is 0 Å². The Morgan fingerprint density at radius 1 is 1.29 bits per heavy atom. The zero-order valence-corrected chi connectivity index (χ0v) is 12.4. The number of ether oxygens (including phenoxy) is 2. The molecular weight excluding hydrogens is 276 g/mol. The second kappa shape index (κ2) is 7.98. The molecule has 7 heteroatoms. The Kier molecular flexibility index (Phi) is 6.32. The van der Waals surface area contributed by atoms with Crippen molar-refractivity contribution >= 4 is 17.7 Å². The van der Waals surface area contributed by atoms with Crippen molar-refractivity contribution in [1.82, 2.24) is 4.90 Å². The van der Waals surface area contributed by atoms with Gasteiger partial charge in [0.15, 0.2) is 0 Å². The molecule has 116 valence electrons. The number of hydrogen-bond acceptors (Lipinski definition) is 4. The SMILES string of the molecule is COc1ccc(OC)c(NC(=O)N(C)CCCC(=O)O)c1. The fourth-order valence-corrected chi connectivity index (χ4v) is 1.69. The molecule has 0 bridgehead atoms. The van der Waals surface area contributed by atoms with Gasteiger partial charge in [-0.15, -0.1) is 0 Å². The predicted molar refractivity (Wildman–Crippen MR) is 78.1 cm³/mol. The Labute approximate surface area is 123 Å². The quantitative estimate of drug-likeness (QED) is 0.803. The van der Waals surface area contributed by atoms with Crippen molar-refractivity contribution < 1.29 is 24.2 Å². The van der Waals surface area contributed by atoms with E-state index in [1.165, 1.54) is 19.1 Å². The minimum absolute atomic E-state index is 0.0279. The monoisotopic (exact) mass is 296 g/mol. The lowest BCUT2D eigenvalue weighted by molar-refractivity contribution is -0.137. The number of carbonyl (C=O) groups is 2. The molecular formula is C14H20N2O5. The second-order valence-electron chi connectivity index (χ2n) is 4.42. The van der Waals surface area contributed by atoms with E-state index in [0.29, 0.717) is 30.2 Å². The smallest absolute Gasteiger partial charge is 0.321 e. The van der Waals surface area contributed by atoms with Gasteiger partial charge in [0, 0.05) is 26.1 Å². The minimum atomic E-state index is -0.877. The summed E-state index contributed by atoms with van der Waals surface area (Å²) < 4.78 is 10.3. The molecule has 1 aromatic rings. The van der Waals surface area contributed by atoms with Crippen LogP contribution in [-0.2, 0) is 4.79 Å². The molecule has 0 aliphatic rings. The number of amides is 2. The zero-order chi connectivity index (χ0) is 15.8. The Hall–Kier alpha value is -2.44. The number of benzene rings is 1. The molecule has 0 spiro atoms. The van der Waals surface area contributed by atoms with Crippen LogP contribution < -0.4 is 14.8 Å². The molecule has 0 radical (unpaired) electrons. The molecule has 0 saturated carbocycles. The summed E-state index contributed by atoms with van der Waals surface area (Å²) in [7, 11) is 4.64. The van der Waals surface area contributed by atoms with E-state index < -0.39 is 5.97 Å². The van der Waals surface area contributed by atoms with Crippen molar-refractivity contribution in [2.75, 3.05) is 33.1 Å². The molecule has 0 heterocycles.